The van der Waals surface area contributed by atoms with Crippen LogP contribution in [0.4, 0.5) is 5.00 Å². The molecule has 2 aromatic heterocycles. The third-order valence-electron chi connectivity index (χ3n) is 3.17. The molecule has 0 aliphatic heterocycles. The zero-order chi connectivity index (χ0) is 14.1. The van der Waals surface area contributed by atoms with Crippen LogP contribution in [0.15, 0.2) is 36.5 Å². The smallest absolute Gasteiger partial charge is 0.126 e. The highest BCUT2D eigenvalue weighted by Gasteiger charge is 2.16. The van der Waals surface area contributed by atoms with Gasteiger partial charge in [-0.25, -0.2) is 4.98 Å². The summed E-state index contributed by atoms with van der Waals surface area (Å²) in [5.74, 6) is 0. The molecule has 1 aromatic carbocycles. The molecule has 5 heteroatoms. The van der Waals surface area contributed by atoms with Gasteiger partial charge in [0, 0.05) is 24.4 Å². The quantitative estimate of drug-likeness (QED) is 0.802. The Bertz CT molecular complexity index is 728. The topological polar surface area (TPSA) is 56.7 Å². The van der Waals surface area contributed by atoms with Crippen LogP contribution >= 0.6 is 11.3 Å². The minimum absolute atomic E-state index is 0.742. The summed E-state index contributed by atoms with van der Waals surface area (Å²) in [5, 5.41) is 6.14. The van der Waals surface area contributed by atoms with Crippen molar-refractivity contribution in [2.75, 3.05) is 5.73 Å². The van der Waals surface area contributed by atoms with Gasteiger partial charge in [-0.3, -0.25) is 4.68 Å². The molecule has 2 heterocycles. The molecular weight excluding hydrogens is 268 g/mol. The van der Waals surface area contributed by atoms with Crippen LogP contribution in [0.2, 0.25) is 0 Å². The van der Waals surface area contributed by atoms with Gasteiger partial charge in [0.2, 0.25) is 0 Å². The summed E-state index contributed by atoms with van der Waals surface area (Å²) in [6, 6.07) is 10.1. The van der Waals surface area contributed by atoms with Crippen LogP contribution < -0.4 is 5.73 Å². The van der Waals surface area contributed by atoms with E-state index < -0.39 is 0 Å². The van der Waals surface area contributed by atoms with Crippen LogP contribution in [0, 0.1) is 0 Å². The van der Waals surface area contributed by atoms with E-state index in [1.54, 1.807) is 0 Å². The number of hydrogen-bond donors (Lipinski definition) is 1. The molecule has 3 aromatic rings. The van der Waals surface area contributed by atoms with Crippen molar-refractivity contribution in [1.82, 2.24) is 14.8 Å². The number of nitrogens with two attached hydrogens (primary N) is 1. The summed E-state index contributed by atoms with van der Waals surface area (Å²) >= 11 is 1.52. The Morgan fingerprint density at radius 2 is 2.00 bits per heavy atom. The Balaban J connectivity index is 2.09. The molecule has 0 spiro atoms. The van der Waals surface area contributed by atoms with Crippen molar-refractivity contribution in [3.05, 3.63) is 42.2 Å². The molecule has 0 unspecified atom stereocenters. The first-order valence-electron chi connectivity index (χ1n) is 6.53. The lowest BCUT2D eigenvalue weighted by molar-refractivity contribution is 0.746. The summed E-state index contributed by atoms with van der Waals surface area (Å²) in [6.45, 7) is 2.09. The van der Waals surface area contributed by atoms with Crippen LogP contribution in [0.25, 0.3) is 21.8 Å². The van der Waals surface area contributed by atoms with Crippen molar-refractivity contribution in [2.45, 2.75) is 13.3 Å². The first kappa shape index (κ1) is 12.9. The van der Waals surface area contributed by atoms with Gasteiger partial charge in [-0.2, -0.15) is 5.10 Å². The van der Waals surface area contributed by atoms with E-state index in [-0.39, 0.29) is 0 Å². The zero-order valence-corrected chi connectivity index (χ0v) is 12.3. The van der Waals surface area contributed by atoms with Gasteiger partial charge in [0.05, 0.1) is 5.69 Å². The van der Waals surface area contributed by atoms with E-state index in [1.807, 2.05) is 48.3 Å². The monoisotopic (exact) mass is 284 g/mol. The summed E-state index contributed by atoms with van der Waals surface area (Å²) in [4.78, 5) is 4.71. The van der Waals surface area contributed by atoms with Gasteiger partial charge in [0.15, 0.2) is 0 Å². The maximum Gasteiger partial charge on any atom is 0.126 e. The van der Waals surface area contributed by atoms with Gasteiger partial charge in [-0.05, 0) is 6.42 Å². The molecule has 0 radical (unpaired) electrons. The Labute approximate surface area is 121 Å². The van der Waals surface area contributed by atoms with Crippen LogP contribution in [-0.4, -0.2) is 14.8 Å². The van der Waals surface area contributed by atoms with Crippen molar-refractivity contribution >= 4 is 16.3 Å². The molecule has 2 N–H and O–H groups in total. The fourth-order valence-corrected chi connectivity index (χ4v) is 3.07. The fraction of sp³-hybridized carbons (Fsp3) is 0.200. The SMILES string of the molecule is CCc1nn(C)cc1-c1nc(-c2ccccc2)sc1N. The second kappa shape index (κ2) is 5.09. The molecule has 0 bridgehead atoms. The Morgan fingerprint density at radius 1 is 1.25 bits per heavy atom. The fourth-order valence-electron chi connectivity index (χ4n) is 2.22. The molecule has 4 nitrogen and oxygen atoms in total. The molecule has 0 saturated carbocycles. The van der Waals surface area contributed by atoms with E-state index in [2.05, 4.69) is 12.0 Å². The zero-order valence-electron chi connectivity index (χ0n) is 11.5. The summed E-state index contributed by atoms with van der Waals surface area (Å²) < 4.78 is 1.81. The highest BCUT2D eigenvalue weighted by atomic mass is 32.1. The van der Waals surface area contributed by atoms with Gasteiger partial charge in [0.1, 0.15) is 15.7 Å². The highest BCUT2D eigenvalue weighted by Crippen LogP contribution is 2.36. The second-order valence-corrected chi connectivity index (χ2v) is 5.65. The predicted octanol–water partition coefficient (Wildman–Crippen LogP) is 3.36. The summed E-state index contributed by atoms with van der Waals surface area (Å²) in [7, 11) is 1.92. The number of aromatic nitrogens is 3. The molecule has 20 heavy (non-hydrogen) atoms. The number of nitrogen functional groups attached to an aromatic ring is 1. The molecule has 0 aliphatic carbocycles. The number of hydrogen-bond acceptors (Lipinski definition) is 4. The molecule has 0 atom stereocenters. The summed E-state index contributed by atoms with van der Waals surface area (Å²) in [6.07, 6.45) is 2.85. The van der Waals surface area contributed by atoms with Crippen molar-refractivity contribution < 1.29 is 0 Å². The van der Waals surface area contributed by atoms with E-state index in [9.17, 15) is 0 Å². The Morgan fingerprint density at radius 3 is 2.70 bits per heavy atom. The predicted molar refractivity (Wildman–Crippen MR) is 83.5 cm³/mol. The first-order valence-corrected chi connectivity index (χ1v) is 7.35. The van der Waals surface area contributed by atoms with E-state index in [0.29, 0.717) is 0 Å². The van der Waals surface area contributed by atoms with Gasteiger partial charge >= 0.3 is 0 Å². The van der Waals surface area contributed by atoms with Crippen LogP contribution in [0.3, 0.4) is 0 Å². The van der Waals surface area contributed by atoms with Crippen molar-refractivity contribution in [1.29, 1.82) is 0 Å². The molecule has 0 amide bonds. The van der Waals surface area contributed by atoms with Crippen LogP contribution in [0.1, 0.15) is 12.6 Å². The lowest BCUT2D eigenvalue weighted by atomic mass is 10.1. The number of benzene rings is 1. The van der Waals surface area contributed by atoms with Crippen LogP contribution in [-0.2, 0) is 13.5 Å². The molecule has 0 fully saturated rings. The highest BCUT2D eigenvalue weighted by molar-refractivity contribution is 7.19. The van der Waals surface area contributed by atoms with Gasteiger partial charge in [0.25, 0.3) is 0 Å². The van der Waals surface area contributed by atoms with Crippen molar-refractivity contribution in [3.63, 3.8) is 0 Å². The molecular formula is C15H16N4S. The maximum atomic E-state index is 6.16. The molecule has 3 rings (SSSR count). The minimum Gasteiger partial charge on any atom is -0.389 e. The van der Waals surface area contributed by atoms with E-state index in [1.165, 1.54) is 11.3 Å². The minimum atomic E-state index is 0.742. The third-order valence-corrected chi connectivity index (χ3v) is 4.10. The number of anilines is 1. The lowest BCUT2D eigenvalue weighted by Crippen LogP contribution is -1.90. The van der Waals surface area contributed by atoms with E-state index in [0.717, 1.165) is 38.9 Å². The van der Waals surface area contributed by atoms with Gasteiger partial charge < -0.3 is 5.73 Å². The van der Waals surface area contributed by atoms with E-state index >= 15 is 0 Å². The number of aryl methyl sites for hydroxylation is 2. The standard InChI is InChI=1S/C15H16N4S/c1-3-12-11(9-19(2)18-12)13-14(16)20-15(17-13)10-7-5-4-6-8-10/h4-9H,3,16H2,1-2H3. The maximum absolute atomic E-state index is 6.16. The molecule has 0 aliphatic rings. The number of nitrogens with zero attached hydrogens (tertiary/aromatic N) is 3. The Kier molecular flexibility index (Phi) is 3.28. The van der Waals surface area contributed by atoms with Crippen molar-refractivity contribution in [3.8, 4) is 21.8 Å². The normalized spacial score (nSPS) is 10.9. The number of rotatable bonds is 3. The number of thiazole rings is 1. The van der Waals surface area contributed by atoms with Crippen LogP contribution in [0.5, 0.6) is 0 Å². The Hall–Kier alpha value is -2.14. The average molecular weight is 284 g/mol. The van der Waals surface area contributed by atoms with Gasteiger partial charge in [-0.15, -0.1) is 0 Å². The molecule has 0 saturated heterocycles. The largest absolute Gasteiger partial charge is 0.389 e. The van der Waals surface area contributed by atoms with E-state index in [4.69, 9.17) is 10.7 Å². The average Bonchev–Trinajstić information content (AvgIpc) is 3.02. The summed E-state index contributed by atoms with van der Waals surface area (Å²) in [5.41, 5.74) is 10.2. The second-order valence-electron chi connectivity index (χ2n) is 4.61. The van der Waals surface area contributed by atoms with Gasteiger partial charge in [-0.1, -0.05) is 48.6 Å². The first-order chi connectivity index (χ1) is 9.69. The lowest BCUT2D eigenvalue weighted by Gasteiger charge is -1.96. The molecule has 102 valence electrons. The van der Waals surface area contributed by atoms with Crippen molar-refractivity contribution in [2.24, 2.45) is 7.05 Å². The third kappa shape index (κ3) is 2.20.